The van der Waals surface area contributed by atoms with Crippen molar-refractivity contribution >= 4 is 21.9 Å². The predicted molar refractivity (Wildman–Crippen MR) is 101 cm³/mol. The summed E-state index contributed by atoms with van der Waals surface area (Å²) in [4.78, 5) is 25.8. The van der Waals surface area contributed by atoms with Crippen molar-refractivity contribution in [3.8, 4) is 0 Å². The zero-order valence-corrected chi connectivity index (χ0v) is 16.8. The molecule has 1 aromatic rings. The quantitative estimate of drug-likeness (QED) is 0.680. The van der Waals surface area contributed by atoms with Gasteiger partial charge in [0.1, 0.15) is 0 Å². The standard InChI is InChI=1S/C18H27N3O5S/c1-4-19-17(22)14(3)20-10-12-21(13-11-20)27(24,25)16-8-6-15(7-9-16)18(23)26-5-2/h6-9,14H,4-5,10-13H2,1-3H3,(H,19,22)/t14-/m1/s1. The maximum atomic E-state index is 12.8. The van der Waals surface area contributed by atoms with Crippen LogP contribution < -0.4 is 5.32 Å². The van der Waals surface area contributed by atoms with Crippen LogP contribution >= 0.6 is 0 Å². The van der Waals surface area contributed by atoms with Crippen molar-refractivity contribution in [2.75, 3.05) is 39.3 Å². The molecule has 1 aromatic carbocycles. The molecule has 1 atom stereocenters. The van der Waals surface area contributed by atoms with Gasteiger partial charge in [0.25, 0.3) is 0 Å². The van der Waals surface area contributed by atoms with Gasteiger partial charge in [-0.1, -0.05) is 0 Å². The summed E-state index contributed by atoms with van der Waals surface area (Å²) in [5.74, 6) is -0.530. The summed E-state index contributed by atoms with van der Waals surface area (Å²) in [6.07, 6.45) is 0. The topological polar surface area (TPSA) is 96.0 Å². The fraction of sp³-hybridized carbons (Fsp3) is 0.556. The second-order valence-electron chi connectivity index (χ2n) is 6.26. The highest BCUT2D eigenvalue weighted by Gasteiger charge is 2.31. The predicted octanol–water partition coefficient (Wildman–Crippen LogP) is 0.694. The van der Waals surface area contributed by atoms with E-state index in [1.165, 1.54) is 28.6 Å². The lowest BCUT2D eigenvalue weighted by atomic mass is 10.2. The van der Waals surface area contributed by atoms with Gasteiger partial charge in [-0.15, -0.1) is 0 Å². The molecule has 9 heteroatoms. The maximum absolute atomic E-state index is 12.8. The SMILES string of the molecule is CCNC(=O)[C@@H](C)N1CCN(S(=O)(=O)c2ccc(C(=O)OCC)cc2)CC1. The Morgan fingerprint density at radius 3 is 2.22 bits per heavy atom. The molecule has 27 heavy (non-hydrogen) atoms. The fourth-order valence-electron chi connectivity index (χ4n) is 2.95. The summed E-state index contributed by atoms with van der Waals surface area (Å²) < 4.78 is 32.0. The van der Waals surface area contributed by atoms with Gasteiger partial charge in [0, 0.05) is 32.7 Å². The first-order valence-electron chi connectivity index (χ1n) is 9.10. The van der Waals surface area contributed by atoms with Crippen LogP contribution in [0.3, 0.4) is 0 Å². The minimum atomic E-state index is -3.64. The number of benzene rings is 1. The molecule has 1 aliphatic heterocycles. The number of piperazine rings is 1. The van der Waals surface area contributed by atoms with Crippen molar-refractivity contribution in [1.29, 1.82) is 0 Å². The van der Waals surface area contributed by atoms with Crippen LogP contribution in [-0.2, 0) is 19.6 Å². The molecule has 0 bridgehead atoms. The normalized spacial score (nSPS) is 17.3. The summed E-state index contributed by atoms with van der Waals surface area (Å²) in [6.45, 7) is 7.82. The number of hydrogen-bond donors (Lipinski definition) is 1. The Kier molecular flexibility index (Phi) is 7.34. The number of nitrogens with one attached hydrogen (secondary N) is 1. The van der Waals surface area contributed by atoms with Crippen molar-refractivity contribution in [3.63, 3.8) is 0 Å². The molecular formula is C18H27N3O5S. The van der Waals surface area contributed by atoms with E-state index >= 15 is 0 Å². The zero-order valence-electron chi connectivity index (χ0n) is 16.0. The second-order valence-corrected chi connectivity index (χ2v) is 8.19. The number of sulfonamides is 1. The molecule has 0 aliphatic carbocycles. The molecule has 8 nitrogen and oxygen atoms in total. The van der Waals surface area contributed by atoms with Gasteiger partial charge in [0.15, 0.2) is 0 Å². The molecule has 0 radical (unpaired) electrons. The van der Waals surface area contributed by atoms with E-state index in [4.69, 9.17) is 4.74 Å². The van der Waals surface area contributed by atoms with E-state index in [2.05, 4.69) is 5.32 Å². The Morgan fingerprint density at radius 2 is 1.70 bits per heavy atom. The maximum Gasteiger partial charge on any atom is 0.338 e. The van der Waals surface area contributed by atoms with Crippen LogP contribution in [-0.4, -0.2) is 74.9 Å². The van der Waals surface area contributed by atoms with E-state index in [1.54, 1.807) is 6.92 Å². The molecular weight excluding hydrogens is 370 g/mol. The highest BCUT2D eigenvalue weighted by molar-refractivity contribution is 7.89. The number of carbonyl (C=O) groups excluding carboxylic acids is 2. The summed E-state index contributed by atoms with van der Waals surface area (Å²) in [5, 5.41) is 2.78. The lowest BCUT2D eigenvalue weighted by molar-refractivity contribution is -0.126. The van der Waals surface area contributed by atoms with Gasteiger partial charge >= 0.3 is 5.97 Å². The van der Waals surface area contributed by atoms with Gasteiger partial charge in [-0.25, -0.2) is 13.2 Å². The Labute approximate surface area is 160 Å². The summed E-state index contributed by atoms with van der Waals surface area (Å²) in [5.41, 5.74) is 0.316. The van der Waals surface area contributed by atoms with Crippen molar-refractivity contribution in [2.45, 2.75) is 31.7 Å². The number of esters is 1. The van der Waals surface area contributed by atoms with Gasteiger partial charge in [0.05, 0.1) is 23.1 Å². The summed E-state index contributed by atoms with van der Waals surface area (Å²) in [7, 11) is -3.64. The van der Waals surface area contributed by atoms with Crippen molar-refractivity contribution in [1.82, 2.24) is 14.5 Å². The van der Waals surface area contributed by atoms with Crippen LogP contribution in [0, 0.1) is 0 Å². The first kappa shape index (κ1) is 21.3. The zero-order chi connectivity index (χ0) is 20.0. The van der Waals surface area contributed by atoms with Gasteiger partial charge < -0.3 is 10.1 Å². The van der Waals surface area contributed by atoms with Crippen LogP contribution in [0.4, 0.5) is 0 Å². The van der Waals surface area contributed by atoms with Crippen molar-refractivity contribution < 1.29 is 22.7 Å². The number of hydrogen-bond acceptors (Lipinski definition) is 6. The van der Waals surface area contributed by atoms with Crippen LogP contribution in [0.15, 0.2) is 29.2 Å². The molecule has 0 aromatic heterocycles. The number of ether oxygens (including phenoxy) is 1. The molecule has 0 saturated carbocycles. The Balaban J connectivity index is 2.02. The number of nitrogens with zero attached hydrogens (tertiary/aromatic N) is 2. The number of carbonyl (C=O) groups is 2. The van der Waals surface area contributed by atoms with E-state index in [9.17, 15) is 18.0 Å². The van der Waals surface area contributed by atoms with Crippen LogP contribution in [0.5, 0.6) is 0 Å². The van der Waals surface area contributed by atoms with E-state index < -0.39 is 16.0 Å². The summed E-state index contributed by atoms with van der Waals surface area (Å²) in [6, 6.07) is 5.46. The van der Waals surface area contributed by atoms with Crippen LogP contribution in [0.2, 0.25) is 0 Å². The third-order valence-corrected chi connectivity index (χ3v) is 6.47. The Morgan fingerprint density at radius 1 is 1.11 bits per heavy atom. The monoisotopic (exact) mass is 397 g/mol. The molecule has 1 fully saturated rings. The summed E-state index contributed by atoms with van der Waals surface area (Å²) >= 11 is 0. The molecule has 1 N–H and O–H groups in total. The van der Waals surface area contributed by atoms with E-state index in [-0.39, 0.29) is 23.5 Å². The fourth-order valence-corrected chi connectivity index (χ4v) is 4.37. The molecule has 0 unspecified atom stereocenters. The highest BCUT2D eigenvalue weighted by Crippen LogP contribution is 2.19. The lowest BCUT2D eigenvalue weighted by Crippen LogP contribution is -2.54. The smallest absolute Gasteiger partial charge is 0.338 e. The van der Waals surface area contributed by atoms with Crippen LogP contribution in [0.25, 0.3) is 0 Å². The Hall–Kier alpha value is -1.97. The number of amides is 1. The van der Waals surface area contributed by atoms with Crippen molar-refractivity contribution in [2.24, 2.45) is 0 Å². The number of rotatable bonds is 7. The molecule has 1 aliphatic rings. The third kappa shape index (κ3) is 5.06. The van der Waals surface area contributed by atoms with Crippen molar-refractivity contribution in [3.05, 3.63) is 29.8 Å². The van der Waals surface area contributed by atoms with Gasteiger partial charge in [-0.05, 0) is 45.0 Å². The molecule has 2 rings (SSSR count). The average molecular weight is 397 g/mol. The molecule has 150 valence electrons. The number of likely N-dealkylation sites (N-methyl/N-ethyl adjacent to an activating group) is 1. The third-order valence-electron chi connectivity index (χ3n) is 4.55. The van der Waals surface area contributed by atoms with E-state index in [0.717, 1.165) is 0 Å². The highest BCUT2D eigenvalue weighted by atomic mass is 32.2. The largest absolute Gasteiger partial charge is 0.462 e. The van der Waals surface area contributed by atoms with Gasteiger partial charge in [-0.2, -0.15) is 4.31 Å². The second kappa shape index (κ2) is 9.29. The Bertz CT molecular complexity index is 756. The lowest BCUT2D eigenvalue weighted by Gasteiger charge is -2.36. The minimum Gasteiger partial charge on any atom is -0.462 e. The van der Waals surface area contributed by atoms with E-state index in [1.807, 2.05) is 18.7 Å². The molecule has 1 saturated heterocycles. The van der Waals surface area contributed by atoms with Crippen LogP contribution in [0.1, 0.15) is 31.1 Å². The van der Waals surface area contributed by atoms with Gasteiger partial charge in [0.2, 0.25) is 15.9 Å². The molecule has 1 heterocycles. The molecule has 1 amide bonds. The first-order valence-corrected chi connectivity index (χ1v) is 10.5. The first-order chi connectivity index (χ1) is 12.8. The average Bonchev–Trinajstić information content (AvgIpc) is 2.68. The van der Waals surface area contributed by atoms with Gasteiger partial charge in [-0.3, -0.25) is 9.69 Å². The minimum absolute atomic E-state index is 0.0524. The molecule has 0 spiro atoms. The van der Waals surface area contributed by atoms with E-state index in [0.29, 0.717) is 38.3 Å².